The fraction of sp³-hybridized carbons (Fsp3) is 0.875. The van der Waals surface area contributed by atoms with Crippen LogP contribution in [0, 0.1) is 0 Å². The van der Waals surface area contributed by atoms with Gasteiger partial charge in [0, 0.05) is 6.54 Å². The van der Waals surface area contributed by atoms with Crippen molar-refractivity contribution in [3.8, 4) is 0 Å². The van der Waals surface area contributed by atoms with Crippen LogP contribution in [0.4, 0.5) is 13.2 Å². The van der Waals surface area contributed by atoms with Crippen molar-refractivity contribution in [2.75, 3.05) is 19.4 Å². The van der Waals surface area contributed by atoms with Gasteiger partial charge in [0.05, 0.1) is 18.9 Å². The third kappa shape index (κ3) is 4.15. The summed E-state index contributed by atoms with van der Waals surface area (Å²) in [6.45, 7) is -0.462. The zero-order valence-corrected chi connectivity index (χ0v) is 9.84. The van der Waals surface area contributed by atoms with Crippen molar-refractivity contribution >= 4 is 16.0 Å². The van der Waals surface area contributed by atoms with Gasteiger partial charge in [-0.05, 0) is 12.8 Å². The molecule has 0 aromatic rings. The lowest BCUT2D eigenvalue weighted by molar-refractivity contribution is -0.186. The summed E-state index contributed by atoms with van der Waals surface area (Å²) in [6.07, 6.45) is -3.43. The maximum Gasteiger partial charge on any atom is 0.471 e. The van der Waals surface area contributed by atoms with E-state index in [1.807, 2.05) is 0 Å². The van der Waals surface area contributed by atoms with Crippen molar-refractivity contribution in [2.24, 2.45) is 0 Å². The van der Waals surface area contributed by atoms with Gasteiger partial charge in [0.1, 0.15) is 0 Å². The SMILES string of the molecule is CS(=O)(=O)OCC1CCCN1C(=O)C(F)(F)F. The van der Waals surface area contributed by atoms with Crippen LogP contribution in [0.3, 0.4) is 0 Å². The van der Waals surface area contributed by atoms with Gasteiger partial charge in [-0.2, -0.15) is 21.6 Å². The number of rotatable bonds is 3. The first-order valence-corrected chi connectivity index (χ1v) is 6.65. The van der Waals surface area contributed by atoms with Gasteiger partial charge in [-0.15, -0.1) is 0 Å². The predicted octanol–water partition coefficient (Wildman–Crippen LogP) is 0.516. The lowest BCUT2D eigenvalue weighted by atomic mass is 10.2. The van der Waals surface area contributed by atoms with Gasteiger partial charge in [0.15, 0.2) is 0 Å². The van der Waals surface area contributed by atoms with E-state index in [0.717, 1.165) is 6.26 Å². The molecule has 1 unspecified atom stereocenters. The van der Waals surface area contributed by atoms with Gasteiger partial charge in [0.25, 0.3) is 10.1 Å². The summed E-state index contributed by atoms with van der Waals surface area (Å²) in [7, 11) is -3.72. The van der Waals surface area contributed by atoms with Crippen LogP contribution in [0.15, 0.2) is 0 Å². The van der Waals surface area contributed by atoms with Crippen LogP contribution in [0.1, 0.15) is 12.8 Å². The van der Waals surface area contributed by atoms with Gasteiger partial charge in [-0.25, -0.2) is 0 Å². The molecule has 0 aromatic carbocycles. The van der Waals surface area contributed by atoms with Crippen molar-refractivity contribution in [3.63, 3.8) is 0 Å². The third-order valence-electron chi connectivity index (χ3n) is 2.36. The summed E-state index contributed by atoms with van der Waals surface area (Å²) < 4.78 is 62.4. The second-order valence-corrected chi connectivity index (χ2v) is 5.42. The first-order chi connectivity index (χ1) is 7.61. The number of carbonyl (C=O) groups excluding carboxylic acids is 1. The highest BCUT2D eigenvalue weighted by atomic mass is 32.2. The van der Waals surface area contributed by atoms with Crippen LogP contribution in [0.5, 0.6) is 0 Å². The van der Waals surface area contributed by atoms with Crippen LogP contribution >= 0.6 is 0 Å². The van der Waals surface area contributed by atoms with Crippen molar-refractivity contribution < 1.29 is 30.6 Å². The number of hydrogen-bond acceptors (Lipinski definition) is 4. The highest BCUT2D eigenvalue weighted by Gasteiger charge is 2.46. The van der Waals surface area contributed by atoms with Crippen molar-refractivity contribution in [1.82, 2.24) is 4.90 Å². The molecule has 1 saturated heterocycles. The second kappa shape index (κ2) is 4.81. The van der Waals surface area contributed by atoms with Crippen molar-refractivity contribution in [1.29, 1.82) is 0 Å². The summed E-state index contributed by atoms with van der Waals surface area (Å²) in [6, 6.07) is -0.834. The Labute approximate surface area is 96.7 Å². The Balaban J connectivity index is 2.64. The van der Waals surface area contributed by atoms with Crippen LogP contribution in [-0.4, -0.2) is 50.9 Å². The Morgan fingerprint density at radius 1 is 1.47 bits per heavy atom. The predicted molar refractivity (Wildman–Crippen MR) is 51.6 cm³/mol. The normalized spacial score (nSPS) is 21.9. The molecular formula is C8H12F3NO4S. The molecule has 0 aromatic heterocycles. The third-order valence-corrected chi connectivity index (χ3v) is 2.92. The molecule has 1 aliphatic rings. The standard InChI is InChI=1S/C8H12F3NO4S/c1-17(14,15)16-5-6-3-2-4-12(6)7(13)8(9,10)11/h6H,2-5H2,1H3. The van der Waals surface area contributed by atoms with Gasteiger partial charge in [0.2, 0.25) is 0 Å². The summed E-state index contributed by atoms with van der Waals surface area (Å²) in [5.41, 5.74) is 0. The van der Waals surface area contributed by atoms with Gasteiger partial charge in [-0.1, -0.05) is 0 Å². The van der Waals surface area contributed by atoms with E-state index in [1.165, 1.54) is 0 Å². The summed E-state index contributed by atoms with van der Waals surface area (Å²) in [5.74, 6) is -1.95. The molecule has 1 heterocycles. The minimum atomic E-state index is -4.94. The number of halogens is 3. The van der Waals surface area contributed by atoms with Crippen molar-refractivity contribution in [3.05, 3.63) is 0 Å². The summed E-state index contributed by atoms with van der Waals surface area (Å²) in [4.78, 5) is 11.6. The number of hydrogen-bond donors (Lipinski definition) is 0. The molecule has 9 heteroatoms. The molecule has 0 radical (unpaired) electrons. The van der Waals surface area contributed by atoms with E-state index in [1.54, 1.807) is 0 Å². The minimum Gasteiger partial charge on any atom is -0.330 e. The summed E-state index contributed by atoms with van der Waals surface area (Å²) >= 11 is 0. The zero-order chi connectivity index (χ0) is 13.3. The largest absolute Gasteiger partial charge is 0.471 e. The van der Waals surface area contributed by atoms with E-state index in [9.17, 15) is 26.4 Å². The fourth-order valence-electron chi connectivity index (χ4n) is 1.64. The van der Waals surface area contributed by atoms with Gasteiger partial charge >= 0.3 is 12.1 Å². The number of alkyl halides is 3. The molecule has 100 valence electrons. The molecule has 0 bridgehead atoms. The van der Waals surface area contributed by atoms with Gasteiger partial charge in [-0.3, -0.25) is 8.98 Å². The van der Waals surface area contributed by atoms with Gasteiger partial charge < -0.3 is 4.90 Å². The van der Waals surface area contributed by atoms with Crippen LogP contribution in [0.25, 0.3) is 0 Å². The van der Waals surface area contributed by atoms with E-state index in [-0.39, 0.29) is 6.54 Å². The average molecular weight is 275 g/mol. The van der Waals surface area contributed by atoms with E-state index >= 15 is 0 Å². The van der Waals surface area contributed by atoms with E-state index < -0.39 is 34.9 Å². The average Bonchev–Trinajstić information content (AvgIpc) is 2.58. The maximum absolute atomic E-state index is 12.2. The Morgan fingerprint density at radius 3 is 2.53 bits per heavy atom. The fourth-order valence-corrected chi connectivity index (χ4v) is 2.05. The molecule has 1 rings (SSSR count). The monoisotopic (exact) mass is 275 g/mol. The van der Waals surface area contributed by atoms with Crippen LogP contribution in [-0.2, 0) is 19.1 Å². The first kappa shape index (κ1) is 14.2. The Kier molecular flexibility index (Phi) is 4.03. The molecule has 0 saturated carbocycles. The van der Waals surface area contributed by atoms with Crippen LogP contribution in [0.2, 0.25) is 0 Å². The molecule has 1 atom stereocenters. The Hall–Kier alpha value is -0.830. The second-order valence-electron chi connectivity index (χ2n) is 3.78. The smallest absolute Gasteiger partial charge is 0.330 e. The molecule has 1 aliphatic heterocycles. The summed E-state index contributed by atoms with van der Waals surface area (Å²) in [5, 5.41) is 0. The molecule has 0 spiro atoms. The van der Waals surface area contributed by atoms with E-state index in [4.69, 9.17) is 0 Å². The topological polar surface area (TPSA) is 63.7 Å². The maximum atomic E-state index is 12.2. The lowest BCUT2D eigenvalue weighted by Crippen LogP contribution is -2.45. The number of nitrogens with zero attached hydrogens (tertiary/aromatic N) is 1. The first-order valence-electron chi connectivity index (χ1n) is 4.83. The van der Waals surface area contributed by atoms with E-state index in [2.05, 4.69) is 4.18 Å². The number of likely N-dealkylation sites (tertiary alicyclic amines) is 1. The molecule has 5 nitrogen and oxygen atoms in total. The molecule has 17 heavy (non-hydrogen) atoms. The molecule has 0 N–H and O–H groups in total. The Bertz CT molecular complexity index is 392. The Morgan fingerprint density at radius 2 is 2.06 bits per heavy atom. The minimum absolute atomic E-state index is 0.0316. The lowest BCUT2D eigenvalue weighted by Gasteiger charge is -2.24. The quantitative estimate of drug-likeness (QED) is 0.704. The van der Waals surface area contributed by atoms with Crippen molar-refractivity contribution in [2.45, 2.75) is 25.1 Å². The highest BCUT2D eigenvalue weighted by Crippen LogP contribution is 2.25. The number of amides is 1. The highest BCUT2D eigenvalue weighted by molar-refractivity contribution is 7.85. The molecule has 1 amide bonds. The van der Waals surface area contributed by atoms with E-state index in [0.29, 0.717) is 17.7 Å². The molecule has 0 aliphatic carbocycles. The zero-order valence-electron chi connectivity index (χ0n) is 9.03. The number of carbonyl (C=O) groups is 1. The molecular weight excluding hydrogens is 263 g/mol. The van der Waals surface area contributed by atoms with Crippen LogP contribution < -0.4 is 0 Å². The molecule has 1 fully saturated rings.